The molecule has 0 heterocycles. The Morgan fingerprint density at radius 3 is 2.23 bits per heavy atom. The molecule has 1 aliphatic carbocycles. The summed E-state index contributed by atoms with van der Waals surface area (Å²) in [6.45, 7) is 3.25. The summed E-state index contributed by atoms with van der Waals surface area (Å²) in [5, 5.41) is 3.96. The Morgan fingerprint density at radius 1 is 0.977 bits per heavy atom. The summed E-state index contributed by atoms with van der Waals surface area (Å²) in [4.78, 5) is 30.4. The average molecular weight is 677 g/mol. The lowest BCUT2D eigenvalue weighted by Crippen LogP contribution is -2.54. The molecule has 0 spiro atoms. The molecule has 1 fully saturated rings. The van der Waals surface area contributed by atoms with Crippen LogP contribution in [0.3, 0.4) is 0 Å². The summed E-state index contributed by atoms with van der Waals surface area (Å²) in [5.74, 6) is -0.776. The Hall–Kier alpha value is -2.72. The van der Waals surface area contributed by atoms with Crippen molar-refractivity contribution < 1.29 is 18.0 Å². The molecule has 0 bridgehead atoms. The smallest absolute Gasteiger partial charge is 0.264 e. The fourth-order valence-corrected chi connectivity index (χ4v) is 7.70. The van der Waals surface area contributed by atoms with Crippen LogP contribution < -0.4 is 9.62 Å². The van der Waals surface area contributed by atoms with Crippen molar-refractivity contribution in [2.45, 2.75) is 80.8 Å². The maximum Gasteiger partial charge on any atom is 0.264 e. The molecule has 2 amide bonds. The molecule has 0 aliphatic heterocycles. The molecule has 11 heteroatoms. The predicted octanol–water partition coefficient (Wildman–Crippen LogP) is 7.48. The largest absolute Gasteiger partial charge is 0.352 e. The molecule has 3 aromatic carbocycles. The fraction of sp³-hybridized carbons (Fsp3) is 0.394. The number of carbonyl (C=O) groups is 2. The first-order valence-electron chi connectivity index (χ1n) is 14.8. The summed E-state index contributed by atoms with van der Waals surface area (Å²) in [6.07, 6.45) is 7.28. The molecule has 1 unspecified atom stereocenters. The van der Waals surface area contributed by atoms with Crippen molar-refractivity contribution in [1.29, 1.82) is 0 Å². The zero-order valence-electron chi connectivity index (χ0n) is 25.3. The van der Waals surface area contributed by atoms with Gasteiger partial charge in [0.2, 0.25) is 11.8 Å². The van der Waals surface area contributed by atoms with Crippen molar-refractivity contribution in [1.82, 2.24) is 10.2 Å². The average Bonchev–Trinajstić information content (AvgIpc) is 3.01. The number of halogens is 2. The molecule has 236 valence electrons. The monoisotopic (exact) mass is 675 g/mol. The number of thioether (sulfide) groups is 1. The van der Waals surface area contributed by atoms with Crippen LogP contribution in [-0.2, 0) is 26.2 Å². The van der Waals surface area contributed by atoms with Gasteiger partial charge in [-0.15, -0.1) is 11.8 Å². The van der Waals surface area contributed by atoms with Gasteiger partial charge in [-0.1, -0.05) is 73.2 Å². The van der Waals surface area contributed by atoms with E-state index in [1.54, 1.807) is 66.7 Å². The molecule has 3 aromatic rings. The second-order valence-electron chi connectivity index (χ2n) is 11.0. The van der Waals surface area contributed by atoms with Crippen LogP contribution in [0.15, 0.2) is 76.5 Å². The summed E-state index contributed by atoms with van der Waals surface area (Å²) < 4.78 is 29.3. The minimum absolute atomic E-state index is 0.00956. The van der Waals surface area contributed by atoms with Gasteiger partial charge >= 0.3 is 0 Å². The normalized spacial score (nSPS) is 14.6. The Kier molecular flexibility index (Phi) is 12.0. The zero-order chi connectivity index (χ0) is 31.9. The topological polar surface area (TPSA) is 86.8 Å². The third kappa shape index (κ3) is 8.50. The second kappa shape index (κ2) is 15.5. The van der Waals surface area contributed by atoms with Crippen molar-refractivity contribution in [2.24, 2.45) is 0 Å². The highest BCUT2D eigenvalue weighted by molar-refractivity contribution is 7.98. The lowest BCUT2D eigenvalue weighted by Gasteiger charge is -2.34. The van der Waals surface area contributed by atoms with E-state index in [-0.39, 0.29) is 23.4 Å². The van der Waals surface area contributed by atoms with Crippen molar-refractivity contribution in [3.63, 3.8) is 0 Å². The van der Waals surface area contributed by atoms with Crippen molar-refractivity contribution in [2.75, 3.05) is 17.1 Å². The van der Waals surface area contributed by atoms with E-state index < -0.39 is 28.5 Å². The number of rotatable bonds is 12. The maximum absolute atomic E-state index is 14.3. The minimum atomic E-state index is -4.15. The first-order chi connectivity index (χ1) is 21.0. The van der Waals surface area contributed by atoms with Gasteiger partial charge < -0.3 is 10.2 Å². The van der Waals surface area contributed by atoms with Crippen molar-refractivity contribution in [3.8, 4) is 0 Å². The zero-order valence-corrected chi connectivity index (χ0v) is 28.4. The molecular formula is C33H39Cl2N3O4S2. The molecule has 1 atom stereocenters. The third-order valence-electron chi connectivity index (χ3n) is 7.94. The highest BCUT2D eigenvalue weighted by atomic mass is 35.5. The first kappa shape index (κ1) is 34.2. The van der Waals surface area contributed by atoms with Crippen LogP contribution in [0.4, 0.5) is 5.69 Å². The first-order valence-corrected chi connectivity index (χ1v) is 18.2. The Labute approximate surface area is 275 Å². The molecule has 4 rings (SSSR count). The van der Waals surface area contributed by atoms with Crippen molar-refractivity contribution in [3.05, 3.63) is 87.9 Å². The van der Waals surface area contributed by atoms with Crippen LogP contribution in [0.25, 0.3) is 0 Å². The third-order valence-corrected chi connectivity index (χ3v) is 11.1. The number of hydrogen-bond donors (Lipinski definition) is 1. The summed E-state index contributed by atoms with van der Waals surface area (Å²) >= 11 is 14.2. The summed E-state index contributed by atoms with van der Waals surface area (Å²) in [6, 6.07) is 17.7. The van der Waals surface area contributed by atoms with E-state index >= 15 is 0 Å². The molecule has 7 nitrogen and oxygen atoms in total. The number of hydrogen-bond acceptors (Lipinski definition) is 5. The lowest BCUT2D eigenvalue weighted by atomic mass is 9.95. The van der Waals surface area contributed by atoms with Crippen molar-refractivity contribution >= 4 is 62.5 Å². The summed E-state index contributed by atoms with van der Waals surface area (Å²) in [7, 11) is -4.15. The van der Waals surface area contributed by atoms with Gasteiger partial charge in [-0.25, -0.2) is 8.42 Å². The number of nitrogens with zero attached hydrogens (tertiary/aromatic N) is 2. The van der Waals surface area contributed by atoms with Crippen LogP contribution >= 0.6 is 35.0 Å². The standard InChI is InChI=1S/C33H39Cl2N3O4S2/c1-4-31(33(40)36-26-8-6-5-7-9-26)37(21-24-12-13-25(34)20-30(24)35)32(39)22-38(27-14-10-23(2)11-15-27)44(41,42)29-18-16-28(43-3)17-19-29/h10-20,26,31H,4-9,21-22H2,1-3H3,(H,36,40). The molecule has 1 saturated carbocycles. The van der Waals surface area contributed by atoms with Gasteiger partial charge in [0, 0.05) is 27.5 Å². The van der Waals surface area contributed by atoms with Gasteiger partial charge in [0.25, 0.3) is 10.0 Å². The highest BCUT2D eigenvalue weighted by Crippen LogP contribution is 2.28. The van der Waals surface area contributed by atoms with Gasteiger partial charge in [0.05, 0.1) is 10.6 Å². The number of benzene rings is 3. The molecular weight excluding hydrogens is 637 g/mol. The number of amides is 2. The Bertz CT molecular complexity index is 1540. The van der Waals surface area contributed by atoms with Crippen LogP contribution in [0.5, 0.6) is 0 Å². The number of anilines is 1. The number of carbonyl (C=O) groups excluding carboxylic acids is 2. The maximum atomic E-state index is 14.3. The van der Waals surface area contributed by atoms with E-state index in [0.29, 0.717) is 27.7 Å². The molecule has 1 aliphatic rings. The van der Waals surface area contributed by atoms with Gasteiger partial charge in [0.1, 0.15) is 12.6 Å². The number of nitrogens with one attached hydrogen (secondary N) is 1. The summed E-state index contributed by atoms with van der Waals surface area (Å²) in [5.41, 5.74) is 1.90. The Balaban J connectivity index is 1.72. The SMILES string of the molecule is CCC(C(=O)NC1CCCCC1)N(Cc1ccc(Cl)cc1Cl)C(=O)CN(c1ccc(C)cc1)S(=O)(=O)c1ccc(SC)cc1. The molecule has 44 heavy (non-hydrogen) atoms. The number of sulfonamides is 1. The van der Waals surface area contributed by atoms with E-state index in [1.807, 2.05) is 20.1 Å². The predicted molar refractivity (Wildman–Crippen MR) is 180 cm³/mol. The van der Waals surface area contributed by atoms with Crippen LogP contribution in [0.2, 0.25) is 10.0 Å². The molecule has 0 saturated heterocycles. The van der Waals surface area contributed by atoms with Crippen LogP contribution in [-0.4, -0.2) is 50.0 Å². The van der Waals surface area contributed by atoms with Gasteiger partial charge in [-0.05, 0) is 86.5 Å². The van der Waals surface area contributed by atoms with E-state index in [0.717, 1.165) is 46.9 Å². The second-order valence-corrected chi connectivity index (χ2v) is 14.6. The number of aryl methyl sites for hydroxylation is 1. The van der Waals surface area contributed by atoms with Gasteiger partial charge in [-0.3, -0.25) is 13.9 Å². The molecule has 0 radical (unpaired) electrons. The Morgan fingerprint density at radius 2 is 1.64 bits per heavy atom. The van der Waals surface area contributed by atoms with Gasteiger partial charge in [0.15, 0.2) is 0 Å². The minimum Gasteiger partial charge on any atom is -0.352 e. The molecule has 1 N–H and O–H groups in total. The molecule has 0 aromatic heterocycles. The van der Waals surface area contributed by atoms with E-state index in [1.165, 1.54) is 16.7 Å². The van der Waals surface area contributed by atoms with E-state index in [4.69, 9.17) is 23.2 Å². The van der Waals surface area contributed by atoms with E-state index in [9.17, 15) is 18.0 Å². The van der Waals surface area contributed by atoms with E-state index in [2.05, 4.69) is 5.32 Å². The van der Waals surface area contributed by atoms with Gasteiger partial charge in [-0.2, -0.15) is 0 Å². The quantitative estimate of drug-likeness (QED) is 0.201. The van der Waals surface area contributed by atoms with Crippen LogP contribution in [0.1, 0.15) is 56.6 Å². The fourth-order valence-electron chi connectivity index (χ4n) is 5.41. The lowest BCUT2D eigenvalue weighted by molar-refractivity contribution is -0.140. The van der Waals surface area contributed by atoms with Crippen LogP contribution in [0, 0.1) is 6.92 Å². The highest BCUT2D eigenvalue weighted by Gasteiger charge is 2.34.